The van der Waals surface area contributed by atoms with E-state index < -0.39 is 109 Å². The predicted octanol–water partition coefficient (Wildman–Crippen LogP) is -4.39. The molecule has 9 atom stereocenters. The second kappa shape index (κ2) is 15.2. The Bertz CT molecular complexity index is 1150. The number of phosphoric acid groups is 6. The van der Waals surface area contributed by atoms with Crippen LogP contribution in [-0.2, 0) is 59.1 Å². The molecule has 0 amide bonds. The largest absolute Gasteiger partial charge is 0.472 e. The summed E-state index contributed by atoms with van der Waals surface area (Å²) in [7, 11) is -36.6. The summed E-state index contributed by atoms with van der Waals surface area (Å²) in [6.45, 7) is -2.59. The van der Waals surface area contributed by atoms with Gasteiger partial charge in [0.05, 0.1) is 13.2 Å². The molecule has 0 heterocycles. The van der Waals surface area contributed by atoms with Gasteiger partial charge in [-0.05, 0) is 0 Å². The molecule has 3 unspecified atom stereocenters. The average molecular weight is 764 g/mol. The lowest BCUT2D eigenvalue weighted by molar-refractivity contribution is -0.202. The van der Waals surface area contributed by atoms with Gasteiger partial charge in [0.2, 0.25) is 0 Å². The second-order valence-electron chi connectivity index (χ2n) is 7.95. The number of rotatable bonds is 17. The van der Waals surface area contributed by atoms with E-state index in [9.17, 15) is 91.4 Å². The Balaban J connectivity index is 3.99. The molecule has 0 aromatic rings. The van der Waals surface area contributed by atoms with Crippen molar-refractivity contribution in [2.45, 2.75) is 48.8 Å². The normalized spacial score (nSPS) is 29.2. The lowest BCUT2D eigenvalue weighted by atomic mass is 9.85. The number of aliphatic hydroxyl groups is 3. The van der Waals surface area contributed by atoms with Gasteiger partial charge in [-0.2, -0.15) is 0 Å². The van der Waals surface area contributed by atoms with Gasteiger partial charge in [-0.1, -0.05) is 0 Å². The lowest BCUT2D eigenvalue weighted by Gasteiger charge is -2.48. The summed E-state index contributed by atoms with van der Waals surface area (Å²) in [5, 5.41) is 27.7. The zero-order valence-electron chi connectivity index (χ0n) is 20.3. The molecule has 14 N–H and O–H groups in total. The smallest absolute Gasteiger partial charge is 0.394 e. The van der Waals surface area contributed by atoms with E-state index in [2.05, 4.69) is 31.7 Å². The summed E-state index contributed by atoms with van der Waals surface area (Å²) < 4.78 is 101. The highest BCUT2D eigenvalue weighted by atomic mass is 31.2. The minimum absolute atomic E-state index is 1.15. The van der Waals surface area contributed by atoms with E-state index in [4.69, 9.17) is 5.11 Å². The standard InChI is InChI=1S/C10H26O27P6/c11-1-3(12)4(13)2-31-43(29,30)37-10-8(35-41(23,24)25)6(33-39(17,18)19)5(32-38(14,15)16)7(34-40(20,21)22)9(10)36-42(26,27)28/h3-13H,1-2H2,(H,29,30)(H2,14,15,16)(H2,17,18,19)(H2,20,21,22)(H2,23,24,25)(H2,26,27,28)/t3-,4+,5?,6-,7+,8+,9+,10?/m1/s1. The lowest BCUT2D eigenvalue weighted by Crippen LogP contribution is -2.66. The molecule has 0 aromatic carbocycles. The fourth-order valence-electron chi connectivity index (χ4n) is 3.22. The number of hydrogen-bond acceptors (Lipinski definition) is 16. The molecule has 27 nitrogen and oxygen atoms in total. The summed E-state index contributed by atoms with van der Waals surface area (Å²) in [6, 6.07) is 0. The third-order valence-electron chi connectivity index (χ3n) is 4.53. The van der Waals surface area contributed by atoms with Crippen molar-refractivity contribution in [2.24, 2.45) is 0 Å². The van der Waals surface area contributed by atoms with Crippen LogP contribution in [0.15, 0.2) is 0 Å². The third kappa shape index (κ3) is 15.8. The summed E-state index contributed by atoms with van der Waals surface area (Å²) in [5.41, 5.74) is 0. The molecule has 0 radical (unpaired) electrons. The van der Waals surface area contributed by atoms with E-state index in [1.165, 1.54) is 0 Å². The molecule has 258 valence electrons. The maximum absolute atomic E-state index is 12.6. The van der Waals surface area contributed by atoms with Crippen molar-refractivity contribution in [2.75, 3.05) is 13.2 Å². The summed E-state index contributed by atoms with van der Waals surface area (Å²) in [6.07, 6.45) is -23.5. The van der Waals surface area contributed by atoms with E-state index in [-0.39, 0.29) is 0 Å². The topological polar surface area (TPSA) is 450 Å². The minimum atomic E-state index is -6.12. The first kappa shape index (κ1) is 41.6. The second-order valence-corrected chi connectivity index (χ2v) is 15.3. The maximum atomic E-state index is 12.6. The van der Waals surface area contributed by atoms with Crippen molar-refractivity contribution in [3.63, 3.8) is 0 Å². The highest BCUT2D eigenvalue weighted by molar-refractivity contribution is 7.48. The van der Waals surface area contributed by atoms with E-state index in [1.54, 1.807) is 0 Å². The molecule has 0 spiro atoms. The highest BCUT2D eigenvalue weighted by Gasteiger charge is 2.63. The molecule has 1 fully saturated rings. The molecule has 43 heavy (non-hydrogen) atoms. The van der Waals surface area contributed by atoms with Crippen molar-refractivity contribution in [3.8, 4) is 0 Å². The fourth-order valence-corrected chi connectivity index (χ4v) is 6.96. The van der Waals surface area contributed by atoms with Gasteiger partial charge in [0.1, 0.15) is 48.8 Å². The average Bonchev–Trinajstić information content (AvgIpc) is 2.74. The molecular formula is C10H26O27P6. The van der Waals surface area contributed by atoms with Crippen molar-refractivity contribution < 1.29 is 128 Å². The van der Waals surface area contributed by atoms with Gasteiger partial charge in [0.15, 0.2) is 0 Å². The Kier molecular flexibility index (Phi) is 14.7. The summed E-state index contributed by atoms with van der Waals surface area (Å²) in [4.78, 5) is 103. The Morgan fingerprint density at radius 2 is 0.674 bits per heavy atom. The van der Waals surface area contributed by atoms with Crippen molar-refractivity contribution in [1.29, 1.82) is 0 Å². The predicted molar refractivity (Wildman–Crippen MR) is 124 cm³/mol. The third-order valence-corrected chi connectivity index (χ3v) is 8.11. The molecule has 0 saturated heterocycles. The van der Waals surface area contributed by atoms with Crippen LogP contribution in [0.3, 0.4) is 0 Å². The van der Waals surface area contributed by atoms with Gasteiger partial charge >= 0.3 is 46.9 Å². The molecule has 0 bridgehead atoms. The van der Waals surface area contributed by atoms with Crippen LogP contribution in [-0.4, -0.2) is 131 Å². The molecule has 1 aliphatic carbocycles. The van der Waals surface area contributed by atoms with Crippen molar-refractivity contribution in [3.05, 3.63) is 0 Å². The van der Waals surface area contributed by atoms with E-state index >= 15 is 0 Å². The van der Waals surface area contributed by atoms with E-state index in [1.807, 2.05) is 0 Å². The van der Waals surface area contributed by atoms with E-state index in [0.29, 0.717) is 0 Å². The Morgan fingerprint density at radius 3 is 0.884 bits per heavy atom. The van der Waals surface area contributed by atoms with Gasteiger partial charge < -0.3 is 69.1 Å². The van der Waals surface area contributed by atoms with E-state index in [0.717, 1.165) is 0 Å². The summed E-state index contributed by atoms with van der Waals surface area (Å²) >= 11 is 0. The monoisotopic (exact) mass is 764 g/mol. The molecule has 1 saturated carbocycles. The first-order valence-electron chi connectivity index (χ1n) is 10.3. The molecule has 0 aliphatic heterocycles. The quantitative estimate of drug-likeness (QED) is 0.0622. The van der Waals surface area contributed by atoms with Crippen LogP contribution in [0, 0.1) is 0 Å². The molecule has 1 rings (SSSR count). The van der Waals surface area contributed by atoms with Crippen LogP contribution in [0.2, 0.25) is 0 Å². The van der Waals surface area contributed by atoms with Crippen LogP contribution in [0.25, 0.3) is 0 Å². The first-order valence-corrected chi connectivity index (χ1v) is 19.4. The van der Waals surface area contributed by atoms with Gasteiger partial charge in [-0.25, -0.2) is 27.4 Å². The zero-order chi connectivity index (χ0) is 34.0. The van der Waals surface area contributed by atoms with Gasteiger partial charge in [0.25, 0.3) is 0 Å². The number of aliphatic hydroxyl groups excluding tert-OH is 3. The molecule has 0 aromatic heterocycles. The van der Waals surface area contributed by atoms with Crippen LogP contribution in [0.1, 0.15) is 0 Å². The SMILES string of the molecule is O=P(O)(O)OC1[C@@H](OP(=O)(O)O)[C@H](OP(=O)(O)O)C(OP(=O)(O)OC[C@H](O)[C@H](O)CO)[C@@H](OP(=O)(O)O)[C@H]1OP(=O)(O)O. The Labute approximate surface area is 237 Å². The number of hydrogen-bond donors (Lipinski definition) is 14. The molecule has 33 heteroatoms. The van der Waals surface area contributed by atoms with Gasteiger partial charge in [-0.3, -0.25) is 31.7 Å². The van der Waals surface area contributed by atoms with Gasteiger partial charge in [0, 0.05) is 0 Å². The Morgan fingerprint density at radius 1 is 0.442 bits per heavy atom. The van der Waals surface area contributed by atoms with Gasteiger partial charge in [-0.15, -0.1) is 0 Å². The fraction of sp³-hybridized carbons (Fsp3) is 1.00. The first-order chi connectivity index (χ1) is 18.9. The summed E-state index contributed by atoms with van der Waals surface area (Å²) in [5.74, 6) is 0. The van der Waals surface area contributed by atoms with Crippen LogP contribution < -0.4 is 0 Å². The minimum Gasteiger partial charge on any atom is -0.394 e. The zero-order valence-corrected chi connectivity index (χ0v) is 25.7. The molecule has 1 aliphatic rings. The van der Waals surface area contributed by atoms with Crippen LogP contribution >= 0.6 is 46.9 Å². The molecular weight excluding hydrogens is 738 g/mol. The Hall–Kier alpha value is 0.540. The maximum Gasteiger partial charge on any atom is 0.472 e. The highest BCUT2D eigenvalue weighted by Crippen LogP contribution is 2.58. The van der Waals surface area contributed by atoms with Crippen LogP contribution in [0.4, 0.5) is 0 Å². The van der Waals surface area contributed by atoms with Crippen molar-refractivity contribution in [1.82, 2.24) is 0 Å². The van der Waals surface area contributed by atoms with Crippen molar-refractivity contribution >= 4 is 46.9 Å². The number of phosphoric ester groups is 6. The van der Waals surface area contributed by atoms with Crippen LogP contribution in [0.5, 0.6) is 0 Å².